The van der Waals surface area contributed by atoms with Crippen molar-refractivity contribution in [3.63, 3.8) is 0 Å². The van der Waals surface area contributed by atoms with Crippen LogP contribution in [0.1, 0.15) is 33.6 Å². The van der Waals surface area contributed by atoms with Gasteiger partial charge in [0.15, 0.2) is 11.6 Å². The number of fused-ring (bicyclic) bond motifs is 5. The normalized spacial score (nSPS) is 52.0. The number of aliphatic hydroxyl groups excluding tert-OH is 1. The molecule has 0 spiro atoms. The van der Waals surface area contributed by atoms with Crippen LogP contribution >= 0.6 is 11.6 Å². The van der Waals surface area contributed by atoms with Crippen LogP contribution in [-0.2, 0) is 9.59 Å². The Balaban J connectivity index is 1.88. The maximum absolute atomic E-state index is 15.9. The quantitative estimate of drug-likeness (QED) is 0.689. The summed E-state index contributed by atoms with van der Waals surface area (Å²) in [6, 6.07) is 0. The lowest BCUT2D eigenvalue weighted by Crippen LogP contribution is -2.67. The van der Waals surface area contributed by atoms with Crippen molar-refractivity contribution in [1.82, 2.24) is 0 Å². The molecule has 2 N–H and O–H groups in total. The van der Waals surface area contributed by atoms with Crippen LogP contribution in [0.2, 0.25) is 0 Å². The predicted octanol–water partition coefficient (Wildman–Crippen LogP) is 2.92. The van der Waals surface area contributed by atoms with E-state index in [9.17, 15) is 19.8 Å². The number of allylic oxidation sites excluding steroid dienone is 6. The highest BCUT2D eigenvalue weighted by atomic mass is 35.5. The van der Waals surface area contributed by atoms with Crippen LogP contribution in [0.4, 0.5) is 4.39 Å². The Morgan fingerprint density at radius 3 is 2.68 bits per heavy atom. The second-order valence-electron chi connectivity index (χ2n) is 9.37. The molecule has 28 heavy (non-hydrogen) atoms. The van der Waals surface area contributed by atoms with Gasteiger partial charge in [-0.25, -0.2) is 4.39 Å². The smallest absolute Gasteiger partial charge is 0.190 e. The first-order chi connectivity index (χ1) is 13.0. The van der Waals surface area contributed by atoms with Crippen molar-refractivity contribution in [2.45, 2.75) is 50.3 Å². The Kier molecular flexibility index (Phi) is 4.19. The summed E-state index contributed by atoms with van der Waals surface area (Å²) >= 11 is 7.13. The maximum Gasteiger partial charge on any atom is 0.190 e. The van der Waals surface area contributed by atoms with Crippen molar-refractivity contribution in [2.24, 2.45) is 28.6 Å². The van der Waals surface area contributed by atoms with E-state index in [-0.39, 0.29) is 18.1 Å². The minimum Gasteiger partial charge on any atom is -0.388 e. The van der Waals surface area contributed by atoms with E-state index in [1.165, 1.54) is 12.2 Å². The van der Waals surface area contributed by atoms with Gasteiger partial charge in [-0.05, 0) is 42.4 Å². The number of rotatable bonds is 2. The van der Waals surface area contributed by atoms with Gasteiger partial charge in [-0.15, -0.1) is 11.6 Å². The topological polar surface area (TPSA) is 74.6 Å². The first-order valence-electron chi connectivity index (χ1n) is 9.80. The van der Waals surface area contributed by atoms with Gasteiger partial charge in [0.1, 0.15) is 18.4 Å². The van der Waals surface area contributed by atoms with Gasteiger partial charge in [0, 0.05) is 16.7 Å². The molecule has 0 heterocycles. The van der Waals surface area contributed by atoms with Gasteiger partial charge in [0.05, 0.1) is 4.87 Å². The summed E-state index contributed by atoms with van der Waals surface area (Å²) in [7, 11) is 0. The first-order valence-corrected chi connectivity index (χ1v) is 10.2. The molecule has 4 aliphatic carbocycles. The summed E-state index contributed by atoms with van der Waals surface area (Å²) in [5.74, 6) is -1.88. The summed E-state index contributed by atoms with van der Waals surface area (Å²) in [4.78, 5) is 23.1. The molecule has 0 radical (unpaired) electrons. The summed E-state index contributed by atoms with van der Waals surface area (Å²) in [5.41, 5.74) is -3.01. The van der Waals surface area contributed by atoms with Crippen molar-refractivity contribution in [2.75, 3.05) is 6.61 Å². The molecule has 0 aromatic rings. The molecule has 2 fully saturated rings. The Morgan fingerprint density at radius 1 is 1.36 bits per heavy atom. The molecule has 0 bridgehead atoms. The van der Waals surface area contributed by atoms with E-state index in [1.807, 2.05) is 19.1 Å². The number of alkyl halides is 2. The second kappa shape index (κ2) is 5.87. The standard InChI is InChI=1S/C22H26ClFO4/c1-12-8-16-15-5-4-13-9-14(26)6-7-19(13,2)21(15,23)17(24)10-20(16,3)22(12,28)18(27)11-25/h4-7,9,12,15-17,25,28H,8,10-11H2,1-3H3/t12-,15+,16+,17+,19+,20+,21+,22+/m1/s1. The van der Waals surface area contributed by atoms with Crippen molar-refractivity contribution >= 4 is 23.2 Å². The molecule has 0 aromatic heterocycles. The molecule has 0 unspecified atom stereocenters. The molecule has 4 rings (SSSR count). The van der Waals surface area contributed by atoms with Gasteiger partial charge >= 0.3 is 0 Å². The number of ketones is 2. The van der Waals surface area contributed by atoms with Gasteiger partial charge < -0.3 is 10.2 Å². The summed E-state index contributed by atoms with van der Waals surface area (Å²) in [6.45, 7) is 4.60. The van der Waals surface area contributed by atoms with Crippen LogP contribution in [0.5, 0.6) is 0 Å². The predicted molar refractivity (Wildman–Crippen MR) is 103 cm³/mol. The average Bonchev–Trinajstić information content (AvgIpc) is 2.84. The van der Waals surface area contributed by atoms with Crippen LogP contribution in [-0.4, -0.2) is 45.0 Å². The van der Waals surface area contributed by atoms with Crippen LogP contribution in [0.15, 0.2) is 36.0 Å². The lowest BCUT2D eigenvalue weighted by Gasteiger charge is -2.61. The molecular formula is C22H26ClFO4. The third-order valence-corrected chi connectivity index (χ3v) is 9.19. The van der Waals surface area contributed by atoms with E-state index in [0.717, 1.165) is 0 Å². The van der Waals surface area contributed by atoms with Gasteiger partial charge in [0.25, 0.3) is 0 Å². The molecule has 0 amide bonds. The average molecular weight is 409 g/mol. The van der Waals surface area contributed by atoms with E-state index in [1.54, 1.807) is 19.9 Å². The molecule has 152 valence electrons. The number of carbonyl (C=O) groups is 2. The van der Waals surface area contributed by atoms with E-state index in [0.29, 0.717) is 12.0 Å². The summed E-state index contributed by atoms with van der Waals surface area (Å²) < 4.78 is 15.9. The van der Waals surface area contributed by atoms with Gasteiger partial charge in [-0.2, -0.15) is 0 Å². The molecule has 8 atom stereocenters. The second-order valence-corrected chi connectivity index (χ2v) is 10.00. The molecular weight excluding hydrogens is 383 g/mol. The first kappa shape index (κ1) is 20.0. The Labute approximate surface area is 169 Å². The third-order valence-electron chi connectivity index (χ3n) is 8.31. The zero-order valence-corrected chi connectivity index (χ0v) is 17.0. The molecule has 6 heteroatoms. The van der Waals surface area contributed by atoms with E-state index in [2.05, 4.69) is 0 Å². The van der Waals surface area contributed by atoms with Gasteiger partial charge in [-0.1, -0.05) is 39.0 Å². The Bertz CT molecular complexity index is 849. The van der Waals surface area contributed by atoms with Crippen molar-refractivity contribution in [3.05, 3.63) is 36.0 Å². The third kappa shape index (κ3) is 2.03. The van der Waals surface area contributed by atoms with E-state index < -0.39 is 51.7 Å². The lowest BCUT2D eigenvalue weighted by molar-refractivity contribution is -0.170. The number of Topliss-reactive ketones (excluding diaryl/α,β-unsaturated/α-hetero) is 1. The SMILES string of the molecule is C[C@@H]1C[C@H]2[C@@H]3C=CC4=CC(=O)C=C[C@]4(C)[C@@]3(Cl)[C@@H](F)C[C@]2(C)[C@@]1(O)C(=O)CO. The minimum atomic E-state index is -1.79. The van der Waals surface area contributed by atoms with Crippen molar-refractivity contribution in [3.8, 4) is 0 Å². The number of hydrogen-bond donors (Lipinski definition) is 2. The van der Waals surface area contributed by atoms with Crippen LogP contribution < -0.4 is 0 Å². The summed E-state index contributed by atoms with van der Waals surface area (Å²) in [6.07, 6.45) is 7.24. The highest BCUT2D eigenvalue weighted by Gasteiger charge is 2.74. The highest BCUT2D eigenvalue weighted by Crippen LogP contribution is 2.70. The lowest BCUT2D eigenvalue weighted by atomic mass is 9.47. The molecule has 4 nitrogen and oxygen atoms in total. The molecule has 0 aromatic carbocycles. The Morgan fingerprint density at radius 2 is 2.04 bits per heavy atom. The zero-order chi connectivity index (χ0) is 20.7. The Hall–Kier alpha value is -1.30. The molecule has 0 aliphatic heterocycles. The van der Waals surface area contributed by atoms with Crippen LogP contribution in [0.25, 0.3) is 0 Å². The van der Waals surface area contributed by atoms with Gasteiger partial charge in [0.2, 0.25) is 0 Å². The fourth-order valence-electron chi connectivity index (χ4n) is 6.66. The summed E-state index contributed by atoms with van der Waals surface area (Å²) in [5, 5.41) is 20.9. The molecule has 2 saturated carbocycles. The molecule has 0 saturated heterocycles. The van der Waals surface area contributed by atoms with Crippen LogP contribution in [0, 0.1) is 28.6 Å². The number of hydrogen-bond acceptors (Lipinski definition) is 4. The highest BCUT2D eigenvalue weighted by molar-refractivity contribution is 6.26. The van der Waals surface area contributed by atoms with Crippen LogP contribution in [0.3, 0.4) is 0 Å². The fourth-order valence-corrected chi connectivity index (χ4v) is 7.14. The van der Waals surface area contributed by atoms with Gasteiger partial charge in [-0.3, -0.25) is 9.59 Å². The maximum atomic E-state index is 15.9. The number of carbonyl (C=O) groups excluding carboxylic acids is 2. The number of aliphatic hydroxyl groups is 2. The zero-order valence-electron chi connectivity index (χ0n) is 16.3. The number of halogens is 2. The fraction of sp³-hybridized carbons (Fsp3) is 0.636. The van der Waals surface area contributed by atoms with Crippen molar-refractivity contribution in [1.29, 1.82) is 0 Å². The molecule has 4 aliphatic rings. The van der Waals surface area contributed by atoms with E-state index >= 15 is 4.39 Å². The minimum absolute atomic E-state index is 0.0806. The van der Waals surface area contributed by atoms with Crippen molar-refractivity contribution < 1.29 is 24.2 Å². The van der Waals surface area contributed by atoms with E-state index in [4.69, 9.17) is 11.6 Å². The monoisotopic (exact) mass is 408 g/mol. The largest absolute Gasteiger partial charge is 0.388 e.